The van der Waals surface area contributed by atoms with E-state index in [9.17, 15) is 0 Å². The van der Waals surface area contributed by atoms with Crippen LogP contribution in [0.25, 0.3) is 0 Å². The molecule has 16 heavy (non-hydrogen) atoms. The molecule has 0 saturated carbocycles. The third kappa shape index (κ3) is 1.79. The molecular formula is C12H16N2O2. The molecule has 86 valence electrons. The van der Waals surface area contributed by atoms with Crippen LogP contribution in [0.4, 0.5) is 5.82 Å². The normalized spacial score (nSPS) is 23.9. The van der Waals surface area contributed by atoms with Crippen molar-refractivity contribution in [1.82, 2.24) is 4.98 Å². The van der Waals surface area contributed by atoms with E-state index in [0.29, 0.717) is 0 Å². The number of pyridine rings is 1. The number of anilines is 1. The fourth-order valence-corrected chi connectivity index (χ4v) is 2.40. The fraction of sp³-hybridized carbons (Fsp3) is 0.583. The minimum absolute atomic E-state index is 0.286. The Morgan fingerprint density at radius 1 is 1.12 bits per heavy atom. The summed E-state index contributed by atoms with van der Waals surface area (Å²) in [5.41, 5.74) is 0. The maximum atomic E-state index is 5.70. The highest BCUT2D eigenvalue weighted by Crippen LogP contribution is 2.32. The summed E-state index contributed by atoms with van der Waals surface area (Å²) in [6.45, 7) is 3.39. The number of nitrogens with zero attached hydrogens (tertiary/aromatic N) is 2. The van der Waals surface area contributed by atoms with Crippen molar-refractivity contribution < 1.29 is 9.47 Å². The highest BCUT2D eigenvalue weighted by Gasteiger charge is 2.39. The zero-order valence-electron chi connectivity index (χ0n) is 9.26. The predicted molar refractivity (Wildman–Crippen MR) is 60.3 cm³/mol. The van der Waals surface area contributed by atoms with Crippen LogP contribution >= 0.6 is 0 Å². The van der Waals surface area contributed by atoms with Crippen LogP contribution in [0.3, 0.4) is 0 Å². The maximum absolute atomic E-state index is 5.70. The molecule has 0 amide bonds. The zero-order valence-corrected chi connectivity index (χ0v) is 9.26. The molecule has 0 N–H and O–H groups in total. The second-order valence-corrected chi connectivity index (χ2v) is 4.28. The van der Waals surface area contributed by atoms with Crippen LogP contribution in [0.15, 0.2) is 24.4 Å². The van der Waals surface area contributed by atoms with Gasteiger partial charge in [0.1, 0.15) is 5.82 Å². The molecule has 2 fully saturated rings. The summed E-state index contributed by atoms with van der Waals surface area (Å²) in [4.78, 5) is 6.65. The van der Waals surface area contributed by atoms with Crippen molar-refractivity contribution in [3.05, 3.63) is 24.4 Å². The van der Waals surface area contributed by atoms with Crippen molar-refractivity contribution in [2.24, 2.45) is 0 Å². The first-order valence-electron chi connectivity index (χ1n) is 5.82. The minimum atomic E-state index is -0.286. The molecule has 2 aliphatic heterocycles. The van der Waals surface area contributed by atoms with Crippen LogP contribution in [-0.4, -0.2) is 37.1 Å². The first kappa shape index (κ1) is 10.1. The molecule has 0 unspecified atom stereocenters. The number of ether oxygens (including phenoxy) is 2. The third-order valence-electron chi connectivity index (χ3n) is 3.31. The molecule has 2 saturated heterocycles. The lowest BCUT2D eigenvalue weighted by molar-refractivity contribution is -0.169. The van der Waals surface area contributed by atoms with Gasteiger partial charge in [-0.05, 0) is 12.1 Å². The Bertz CT molecular complexity index is 339. The van der Waals surface area contributed by atoms with Crippen molar-refractivity contribution in [3.63, 3.8) is 0 Å². The second kappa shape index (κ2) is 4.03. The van der Waals surface area contributed by atoms with Crippen molar-refractivity contribution >= 4 is 5.82 Å². The largest absolute Gasteiger partial charge is 0.356 e. The van der Waals surface area contributed by atoms with Crippen molar-refractivity contribution in [1.29, 1.82) is 0 Å². The van der Waals surface area contributed by atoms with E-state index in [1.807, 2.05) is 24.4 Å². The number of hydrogen-bond acceptors (Lipinski definition) is 4. The highest BCUT2D eigenvalue weighted by atomic mass is 16.7. The van der Waals surface area contributed by atoms with Crippen molar-refractivity contribution in [3.8, 4) is 0 Å². The Morgan fingerprint density at radius 3 is 2.50 bits per heavy atom. The number of rotatable bonds is 1. The molecule has 0 aliphatic carbocycles. The number of aromatic nitrogens is 1. The average Bonchev–Trinajstić information content (AvgIpc) is 2.80. The molecule has 0 radical (unpaired) electrons. The minimum Gasteiger partial charge on any atom is -0.356 e. The van der Waals surface area contributed by atoms with Crippen LogP contribution in [-0.2, 0) is 9.47 Å². The zero-order chi connectivity index (χ0) is 10.8. The summed E-state index contributed by atoms with van der Waals surface area (Å²) in [6.07, 6.45) is 3.70. The Morgan fingerprint density at radius 2 is 1.88 bits per heavy atom. The number of hydrogen-bond donors (Lipinski definition) is 0. The van der Waals surface area contributed by atoms with Crippen molar-refractivity contribution in [2.75, 3.05) is 31.2 Å². The van der Waals surface area contributed by atoms with Gasteiger partial charge in [-0.25, -0.2) is 4.98 Å². The Kier molecular flexibility index (Phi) is 2.53. The van der Waals surface area contributed by atoms with Gasteiger partial charge in [-0.2, -0.15) is 0 Å². The lowest BCUT2D eigenvalue weighted by Gasteiger charge is -2.38. The molecule has 0 atom stereocenters. The van der Waals surface area contributed by atoms with Gasteiger partial charge in [0.2, 0.25) is 0 Å². The Labute approximate surface area is 95.2 Å². The first-order valence-corrected chi connectivity index (χ1v) is 5.82. The molecular weight excluding hydrogens is 204 g/mol. The van der Waals surface area contributed by atoms with Gasteiger partial charge in [-0.3, -0.25) is 0 Å². The summed E-state index contributed by atoms with van der Waals surface area (Å²) in [5, 5.41) is 0. The summed E-state index contributed by atoms with van der Waals surface area (Å²) in [5.74, 6) is 0.765. The summed E-state index contributed by atoms with van der Waals surface area (Å²) in [6, 6.07) is 6.02. The molecule has 0 bridgehead atoms. The Hall–Kier alpha value is -1.13. The van der Waals surface area contributed by atoms with E-state index >= 15 is 0 Å². The molecule has 4 nitrogen and oxygen atoms in total. The predicted octanol–water partition coefficient (Wildman–Crippen LogP) is 1.42. The number of piperidine rings is 1. The van der Waals surface area contributed by atoms with E-state index in [4.69, 9.17) is 9.47 Å². The standard InChI is InChI=1S/C12H16N2O2/c1-2-6-13-11(3-1)14-7-4-12(5-8-14)15-9-10-16-12/h1-3,6H,4-5,7-10H2. The van der Waals surface area contributed by atoms with Gasteiger partial charge < -0.3 is 14.4 Å². The third-order valence-corrected chi connectivity index (χ3v) is 3.31. The molecule has 1 aromatic rings. The molecule has 4 heteroatoms. The molecule has 0 aromatic carbocycles. The summed E-state index contributed by atoms with van der Waals surface area (Å²) in [7, 11) is 0. The Balaban J connectivity index is 1.66. The molecule has 1 spiro atoms. The van der Waals surface area contributed by atoms with E-state index in [2.05, 4.69) is 9.88 Å². The van der Waals surface area contributed by atoms with Gasteiger partial charge in [0, 0.05) is 32.1 Å². The molecule has 1 aromatic heterocycles. The quantitative estimate of drug-likeness (QED) is 0.717. The first-order chi connectivity index (χ1) is 7.88. The van der Waals surface area contributed by atoms with Gasteiger partial charge in [0.25, 0.3) is 0 Å². The van der Waals surface area contributed by atoms with Gasteiger partial charge in [0.05, 0.1) is 13.2 Å². The van der Waals surface area contributed by atoms with E-state index in [-0.39, 0.29) is 5.79 Å². The van der Waals surface area contributed by atoms with Crippen molar-refractivity contribution in [2.45, 2.75) is 18.6 Å². The monoisotopic (exact) mass is 220 g/mol. The van der Waals surface area contributed by atoms with Crippen LogP contribution < -0.4 is 4.90 Å². The van der Waals surface area contributed by atoms with Crippen LogP contribution in [0.1, 0.15) is 12.8 Å². The van der Waals surface area contributed by atoms with Crippen LogP contribution in [0.2, 0.25) is 0 Å². The summed E-state index contributed by atoms with van der Waals surface area (Å²) >= 11 is 0. The molecule has 3 rings (SSSR count). The fourth-order valence-electron chi connectivity index (χ4n) is 2.40. The van der Waals surface area contributed by atoms with Gasteiger partial charge in [-0.15, -0.1) is 0 Å². The molecule has 2 aliphatic rings. The second-order valence-electron chi connectivity index (χ2n) is 4.28. The summed E-state index contributed by atoms with van der Waals surface area (Å²) < 4.78 is 11.4. The maximum Gasteiger partial charge on any atom is 0.171 e. The average molecular weight is 220 g/mol. The van der Waals surface area contributed by atoms with Gasteiger partial charge in [0.15, 0.2) is 5.79 Å². The van der Waals surface area contributed by atoms with Gasteiger partial charge in [-0.1, -0.05) is 6.07 Å². The van der Waals surface area contributed by atoms with E-state index < -0.39 is 0 Å². The van der Waals surface area contributed by atoms with E-state index in [1.54, 1.807) is 0 Å². The topological polar surface area (TPSA) is 34.6 Å². The van der Waals surface area contributed by atoms with Crippen LogP contribution in [0.5, 0.6) is 0 Å². The SMILES string of the molecule is c1ccc(N2CCC3(CC2)OCCO3)nc1. The molecule has 3 heterocycles. The highest BCUT2D eigenvalue weighted by molar-refractivity contribution is 5.38. The van der Waals surface area contributed by atoms with E-state index in [0.717, 1.165) is 45.0 Å². The van der Waals surface area contributed by atoms with E-state index in [1.165, 1.54) is 0 Å². The lowest BCUT2D eigenvalue weighted by Crippen LogP contribution is -2.45. The van der Waals surface area contributed by atoms with Crippen LogP contribution in [0, 0.1) is 0 Å². The lowest BCUT2D eigenvalue weighted by atomic mass is 10.0. The smallest absolute Gasteiger partial charge is 0.171 e. The van der Waals surface area contributed by atoms with Gasteiger partial charge >= 0.3 is 0 Å².